The molecule has 1 saturated heterocycles. The Hall–Kier alpha value is -2.52. The van der Waals surface area contributed by atoms with Gasteiger partial charge in [-0.3, -0.25) is 14.5 Å². The van der Waals surface area contributed by atoms with Gasteiger partial charge in [-0.1, -0.05) is 19.3 Å². The van der Waals surface area contributed by atoms with Crippen molar-refractivity contribution in [2.45, 2.75) is 69.6 Å². The number of imide groups is 1. The first-order chi connectivity index (χ1) is 12.6. The summed E-state index contributed by atoms with van der Waals surface area (Å²) >= 11 is 0. The Morgan fingerprint density at radius 3 is 2.73 bits per heavy atom. The van der Waals surface area contributed by atoms with Gasteiger partial charge in [0.05, 0.1) is 12.5 Å². The zero-order valence-corrected chi connectivity index (χ0v) is 14.5. The molecule has 1 N–H and O–H groups in total. The summed E-state index contributed by atoms with van der Waals surface area (Å²) in [5.41, 5.74) is -0.758. The number of carbonyl (C=O) groups is 3. The minimum Gasteiger partial charge on any atom is -0.457 e. The Labute approximate surface area is 150 Å². The van der Waals surface area contributed by atoms with Crippen LogP contribution in [0.3, 0.4) is 0 Å². The smallest absolute Gasteiger partial charge is 0.325 e. The molecule has 3 fully saturated rings. The topological polar surface area (TPSA) is 119 Å². The van der Waals surface area contributed by atoms with Gasteiger partial charge < -0.3 is 10.1 Å². The monoisotopic (exact) mass is 362 g/mol. The molecule has 3 aliphatic rings. The molecule has 26 heavy (non-hydrogen) atoms. The van der Waals surface area contributed by atoms with Crippen LogP contribution in [0.5, 0.6) is 0 Å². The Morgan fingerprint density at radius 1 is 1.23 bits per heavy atom. The summed E-state index contributed by atoms with van der Waals surface area (Å²) in [7, 11) is 0. The summed E-state index contributed by atoms with van der Waals surface area (Å²) in [6.07, 6.45) is 6.29. The number of aromatic nitrogens is 4. The van der Waals surface area contributed by atoms with E-state index in [2.05, 4.69) is 20.8 Å². The fourth-order valence-electron chi connectivity index (χ4n) is 3.70. The standard InChI is InChI=1S/C16H22N6O4/c23-13(26-10-12-18-19-20-22(12)11-4-5-11)6-9-21-14(24)16(17-15(21)25)7-2-1-3-8-16/h11H,1-10H2,(H,17,25). The largest absolute Gasteiger partial charge is 0.457 e. The Bertz CT molecular complexity index is 722. The van der Waals surface area contributed by atoms with E-state index in [1.165, 1.54) is 0 Å². The Balaban J connectivity index is 1.28. The van der Waals surface area contributed by atoms with Gasteiger partial charge in [0.25, 0.3) is 5.91 Å². The van der Waals surface area contributed by atoms with Gasteiger partial charge in [0.15, 0.2) is 12.4 Å². The molecule has 140 valence electrons. The minimum atomic E-state index is -0.758. The van der Waals surface area contributed by atoms with Crippen LogP contribution in [0.25, 0.3) is 0 Å². The molecule has 0 radical (unpaired) electrons. The van der Waals surface area contributed by atoms with Crippen LogP contribution in [0.1, 0.15) is 63.2 Å². The molecule has 0 atom stereocenters. The van der Waals surface area contributed by atoms with Gasteiger partial charge in [-0.05, 0) is 36.1 Å². The number of rotatable bonds is 6. The lowest BCUT2D eigenvalue weighted by Crippen LogP contribution is -2.48. The minimum absolute atomic E-state index is 0.00753. The van der Waals surface area contributed by atoms with E-state index in [1.807, 2.05) is 0 Å². The molecule has 4 rings (SSSR count). The Morgan fingerprint density at radius 2 is 2.00 bits per heavy atom. The quantitative estimate of drug-likeness (QED) is 0.584. The molecular weight excluding hydrogens is 340 g/mol. The third-order valence-corrected chi connectivity index (χ3v) is 5.31. The van der Waals surface area contributed by atoms with E-state index < -0.39 is 17.5 Å². The van der Waals surface area contributed by atoms with Crippen molar-refractivity contribution in [1.29, 1.82) is 0 Å². The van der Waals surface area contributed by atoms with Crippen molar-refractivity contribution < 1.29 is 19.1 Å². The molecule has 1 aromatic rings. The van der Waals surface area contributed by atoms with Gasteiger partial charge in [-0.25, -0.2) is 9.48 Å². The van der Waals surface area contributed by atoms with Crippen molar-refractivity contribution >= 4 is 17.9 Å². The highest BCUT2D eigenvalue weighted by atomic mass is 16.5. The molecular formula is C16H22N6O4. The molecule has 2 aliphatic carbocycles. The van der Waals surface area contributed by atoms with Gasteiger partial charge in [0.2, 0.25) is 0 Å². The lowest BCUT2D eigenvalue weighted by atomic mass is 9.82. The second kappa shape index (κ2) is 6.65. The highest BCUT2D eigenvalue weighted by molar-refractivity contribution is 6.07. The maximum atomic E-state index is 12.6. The lowest BCUT2D eigenvalue weighted by Gasteiger charge is -2.30. The molecule has 1 aliphatic heterocycles. The Kier molecular flexibility index (Phi) is 4.33. The van der Waals surface area contributed by atoms with Crippen molar-refractivity contribution in [2.24, 2.45) is 0 Å². The zero-order chi connectivity index (χ0) is 18.1. The summed E-state index contributed by atoms with van der Waals surface area (Å²) in [6.45, 7) is 0.0191. The van der Waals surface area contributed by atoms with Crippen LogP contribution < -0.4 is 5.32 Å². The van der Waals surface area contributed by atoms with Crippen LogP contribution in [0.2, 0.25) is 0 Å². The average Bonchev–Trinajstić information content (AvgIpc) is 3.33. The van der Waals surface area contributed by atoms with E-state index in [9.17, 15) is 14.4 Å². The van der Waals surface area contributed by atoms with Crippen molar-refractivity contribution in [3.63, 3.8) is 0 Å². The first kappa shape index (κ1) is 16.9. The molecule has 0 unspecified atom stereocenters. The number of tetrazole rings is 1. The normalized spacial score (nSPS) is 21.9. The van der Waals surface area contributed by atoms with E-state index in [1.54, 1.807) is 4.68 Å². The molecule has 0 aromatic carbocycles. The highest BCUT2D eigenvalue weighted by Crippen LogP contribution is 2.35. The van der Waals surface area contributed by atoms with Gasteiger partial charge >= 0.3 is 12.0 Å². The number of nitrogens with one attached hydrogen (secondary N) is 1. The van der Waals surface area contributed by atoms with Crippen molar-refractivity contribution in [1.82, 2.24) is 30.4 Å². The molecule has 3 amide bonds. The van der Waals surface area contributed by atoms with E-state index in [4.69, 9.17) is 4.74 Å². The van der Waals surface area contributed by atoms with Crippen molar-refractivity contribution in [3.05, 3.63) is 5.82 Å². The number of urea groups is 1. The molecule has 1 spiro atoms. The summed E-state index contributed by atoms with van der Waals surface area (Å²) in [5, 5.41) is 14.2. The summed E-state index contributed by atoms with van der Waals surface area (Å²) in [4.78, 5) is 37.9. The van der Waals surface area contributed by atoms with E-state index in [0.717, 1.165) is 37.0 Å². The van der Waals surface area contributed by atoms with Gasteiger partial charge in [0.1, 0.15) is 5.54 Å². The maximum absolute atomic E-state index is 12.6. The fraction of sp³-hybridized carbons (Fsp3) is 0.750. The molecule has 2 saturated carbocycles. The predicted molar refractivity (Wildman–Crippen MR) is 86.6 cm³/mol. The van der Waals surface area contributed by atoms with Gasteiger partial charge in [-0.2, -0.15) is 0 Å². The molecule has 0 bridgehead atoms. The zero-order valence-electron chi connectivity index (χ0n) is 14.5. The van der Waals surface area contributed by atoms with Crippen LogP contribution in [0.15, 0.2) is 0 Å². The number of carbonyl (C=O) groups excluding carboxylic acids is 3. The number of hydrogen-bond donors (Lipinski definition) is 1. The van der Waals surface area contributed by atoms with Crippen molar-refractivity contribution in [3.8, 4) is 0 Å². The molecule has 1 aromatic heterocycles. The van der Waals surface area contributed by atoms with Crippen LogP contribution in [-0.4, -0.2) is 55.1 Å². The molecule has 10 nitrogen and oxygen atoms in total. The number of nitrogens with zero attached hydrogens (tertiary/aromatic N) is 5. The highest BCUT2D eigenvalue weighted by Gasteiger charge is 2.51. The maximum Gasteiger partial charge on any atom is 0.325 e. The van der Waals surface area contributed by atoms with Gasteiger partial charge in [-0.15, -0.1) is 5.10 Å². The summed E-state index contributed by atoms with van der Waals surface area (Å²) < 4.78 is 6.88. The van der Waals surface area contributed by atoms with Crippen LogP contribution >= 0.6 is 0 Å². The van der Waals surface area contributed by atoms with Crippen LogP contribution in [0.4, 0.5) is 4.79 Å². The van der Waals surface area contributed by atoms with E-state index in [0.29, 0.717) is 24.7 Å². The SMILES string of the molecule is O=C(CCN1C(=O)NC2(CCCCC2)C1=O)OCc1nnnn1C1CC1. The first-order valence-corrected chi connectivity index (χ1v) is 9.15. The number of hydrogen-bond acceptors (Lipinski definition) is 7. The number of esters is 1. The summed E-state index contributed by atoms with van der Waals surface area (Å²) in [6, 6.07) is -0.112. The van der Waals surface area contributed by atoms with E-state index in [-0.39, 0.29) is 25.5 Å². The predicted octanol–water partition coefficient (Wildman–Crippen LogP) is 0.696. The fourth-order valence-corrected chi connectivity index (χ4v) is 3.70. The molecule has 10 heteroatoms. The third kappa shape index (κ3) is 3.15. The second-order valence-corrected chi connectivity index (χ2v) is 7.21. The second-order valence-electron chi connectivity index (χ2n) is 7.21. The number of amides is 3. The van der Waals surface area contributed by atoms with Crippen LogP contribution in [-0.2, 0) is 20.9 Å². The average molecular weight is 362 g/mol. The van der Waals surface area contributed by atoms with Gasteiger partial charge in [0, 0.05) is 6.54 Å². The van der Waals surface area contributed by atoms with E-state index >= 15 is 0 Å². The first-order valence-electron chi connectivity index (χ1n) is 9.15. The van der Waals surface area contributed by atoms with Crippen molar-refractivity contribution in [2.75, 3.05) is 6.54 Å². The summed E-state index contributed by atoms with van der Waals surface area (Å²) in [5.74, 6) is -0.190. The molecule has 2 heterocycles. The lowest BCUT2D eigenvalue weighted by molar-refractivity contribution is -0.145. The van der Waals surface area contributed by atoms with Crippen LogP contribution in [0, 0.1) is 0 Å². The third-order valence-electron chi connectivity index (χ3n) is 5.31. The number of ether oxygens (including phenoxy) is 1.